The smallest absolute Gasteiger partial charge is 0.222 e. The quantitative estimate of drug-likeness (QED) is 0.613. The van der Waals surface area contributed by atoms with Crippen molar-refractivity contribution in [2.75, 3.05) is 6.54 Å². The van der Waals surface area contributed by atoms with E-state index in [1.807, 2.05) is 39.8 Å². The predicted octanol–water partition coefficient (Wildman–Crippen LogP) is 5.11. The first-order chi connectivity index (χ1) is 15.1. The van der Waals surface area contributed by atoms with Gasteiger partial charge in [-0.1, -0.05) is 43.7 Å². The zero-order valence-electron chi connectivity index (χ0n) is 20.2. The lowest BCUT2D eigenvalue weighted by molar-refractivity contribution is -0.175. The second-order valence-electron chi connectivity index (χ2n) is 9.17. The molecule has 1 saturated carbocycles. The number of nitrogens with zero attached hydrogens (tertiary/aromatic N) is 1. The molecule has 6 heteroatoms. The van der Waals surface area contributed by atoms with Gasteiger partial charge in [0.05, 0.1) is 28.6 Å². The average Bonchev–Trinajstić information content (AvgIpc) is 3.15. The normalized spacial score (nSPS) is 34.2. The maximum Gasteiger partial charge on any atom is 0.222 e. The minimum absolute atomic E-state index is 0.00326. The Kier molecular flexibility index (Phi) is 9.59. The topological polar surface area (TPSA) is 79.3 Å². The van der Waals surface area contributed by atoms with E-state index < -0.39 is 11.5 Å². The van der Waals surface area contributed by atoms with Crippen LogP contribution in [0.15, 0.2) is 35.3 Å². The van der Waals surface area contributed by atoms with Crippen LogP contribution in [0.25, 0.3) is 6.08 Å². The highest BCUT2D eigenvalue weighted by Gasteiger charge is 2.61. The Hall–Kier alpha value is -2.05. The molecular weight excluding hydrogens is 420 g/mol. The summed E-state index contributed by atoms with van der Waals surface area (Å²) in [6.45, 7) is 12.5. The molecule has 1 fully saturated rings. The molecule has 176 valence electrons. The van der Waals surface area contributed by atoms with Gasteiger partial charge in [-0.05, 0) is 58.4 Å². The van der Waals surface area contributed by atoms with Crippen molar-refractivity contribution in [2.24, 2.45) is 23.2 Å². The Balaban J connectivity index is 0.000000336. The molecule has 5 atom stereocenters. The van der Waals surface area contributed by atoms with Crippen LogP contribution in [-0.2, 0) is 9.59 Å². The van der Waals surface area contributed by atoms with Crippen molar-refractivity contribution in [3.8, 4) is 0 Å². The van der Waals surface area contributed by atoms with Crippen LogP contribution < -0.4 is 5.32 Å². The molecule has 0 radical (unpaired) electrons. The zero-order valence-corrected chi connectivity index (χ0v) is 21.0. The second-order valence-corrected chi connectivity index (χ2v) is 10.2. The molecule has 1 aromatic rings. The maximum absolute atomic E-state index is 12.5. The molecule has 1 aliphatic carbocycles. The van der Waals surface area contributed by atoms with Crippen molar-refractivity contribution in [3.05, 3.63) is 46.0 Å². The summed E-state index contributed by atoms with van der Waals surface area (Å²) in [6.07, 6.45) is 11.1. The van der Waals surface area contributed by atoms with Crippen molar-refractivity contribution in [3.63, 3.8) is 0 Å². The zero-order chi connectivity index (χ0) is 23.9. The Morgan fingerprint density at radius 3 is 2.62 bits per heavy atom. The molecule has 2 heterocycles. The molecule has 1 amide bonds. The number of Topliss-reactive ketones (excluding diaryl/α,β-unsaturated/α-hetero) is 1. The predicted molar refractivity (Wildman–Crippen MR) is 132 cm³/mol. The first kappa shape index (κ1) is 26.2. The van der Waals surface area contributed by atoms with E-state index in [9.17, 15) is 14.7 Å². The van der Waals surface area contributed by atoms with Gasteiger partial charge in [0.1, 0.15) is 5.78 Å². The van der Waals surface area contributed by atoms with Gasteiger partial charge in [0, 0.05) is 17.8 Å². The maximum atomic E-state index is 12.5. The van der Waals surface area contributed by atoms with Crippen molar-refractivity contribution >= 4 is 29.1 Å². The van der Waals surface area contributed by atoms with E-state index in [1.165, 1.54) is 5.57 Å². The summed E-state index contributed by atoms with van der Waals surface area (Å²) in [5.74, 6) is 0.246. The largest absolute Gasteiger partial charge is 0.392 e. The van der Waals surface area contributed by atoms with Gasteiger partial charge in [0.2, 0.25) is 5.91 Å². The summed E-state index contributed by atoms with van der Waals surface area (Å²) in [7, 11) is 0. The highest BCUT2D eigenvalue weighted by Crippen LogP contribution is 2.54. The molecule has 0 saturated heterocycles. The standard InChI is InChI=1S/C19H29NO3.C7H9NS/c1-12-7-5-9-13(2)17-14(3)18(23)19(17,4)15(21)11-16(22)20-10-6-8-12;1-3-4-7-5-9-6(2)8-7/h5,7-8,13-15,17,21H,6,9-11H2,1-4H3,(H,20,22);3-5H,1-2H3/b7-5+,12-8-;4-3-. The number of carbonyl (C=O) groups is 2. The monoisotopic (exact) mass is 458 g/mol. The third kappa shape index (κ3) is 6.26. The van der Waals surface area contributed by atoms with Crippen molar-refractivity contribution < 1.29 is 14.7 Å². The fourth-order valence-corrected chi connectivity index (χ4v) is 5.57. The molecule has 0 spiro atoms. The third-order valence-electron chi connectivity index (χ3n) is 6.66. The van der Waals surface area contributed by atoms with E-state index in [2.05, 4.69) is 47.8 Å². The van der Waals surface area contributed by atoms with E-state index in [4.69, 9.17) is 0 Å². The molecule has 0 aromatic carbocycles. The third-order valence-corrected chi connectivity index (χ3v) is 7.45. The number of aliphatic hydroxyl groups is 1. The number of aliphatic hydroxyl groups excluding tert-OH is 1. The minimum Gasteiger partial charge on any atom is -0.392 e. The molecule has 0 bridgehead atoms. The number of aryl methyl sites for hydroxylation is 1. The van der Waals surface area contributed by atoms with Crippen LogP contribution in [0, 0.1) is 30.1 Å². The number of rotatable bonds is 1. The van der Waals surface area contributed by atoms with Crippen LogP contribution in [0.1, 0.15) is 64.6 Å². The lowest BCUT2D eigenvalue weighted by Gasteiger charge is -2.55. The van der Waals surface area contributed by atoms with Gasteiger partial charge in [-0.3, -0.25) is 9.59 Å². The molecule has 1 aromatic heterocycles. The van der Waals surface area contributed by atoms with Crippen LogP contribution >= 0.6 is 11.3 Å². The number of hydrogen-bond acceptors (Lipinski definition) is 5. The van der Waals surface area contributed by atoms with Gasteiger partial charge in [-0.15, -0.1) is 11.3 Å². The van der Waals surface area contributed by atoms with Gasteiger partial charge < -0.3 is 10.4 Å². The second kappa shape index (κ2) is 11.7. The Morgan fingerprint density at radius 1 is 1.28 bits per heavy atom. The number of aromatic nitrogens is 1. The molecule has 5 nitrogen and oxygen atoms in total. The number of allylic oxidation sites excluding steroid dienone is 4. The molecule has 2 aliphatic rings. The first-order valence-electron chi connectivity index (χ1n) is 11.5. The summed E-state index contributed by atoms with van der Waals surface area (Å²) in [6, 6.07) is 0. The van der Waals surface area contributed by atoms with Gasteiger partial charge in [0.25, 0.3) is 0 Å². The van der Waals surface area contributed by atoms with Gasteiger partial charge in [0.15, 0.2) is 0 Å². The lowest BCUT2D eigenvalue weighted by Crippen LogP contribution is -2.63. The fourth-order valence-electron chi connectivity index (χ4n) is 4.99. The number of ketones is 1. The van der Waals surface area contributed by atoms with Gasteiger partial charge in [-0.2, -0.15) is 0 Å². The van der Waals surface area contributed by atoms with E-state index in [-0.39, 0.29) is 35.9 Å². The number of nitrogens with one attached hydrogen (secondary N) is 1. The molecule has 5 unspecified atom stereocenters. The van der Waals surface area contributed by atoms with Crippen LogP contribution in [0.4, 0.5) is 0 Å². The van der Waals surface area contributed by atoms with Crippen molar-refractivity contribution in [2.45, 2.75) is 66.9 Å². The van der Waals surface area contributed by atoms with E-state index in [0.29, 0.717) is 6.54 Å². The van der Waals surface area contributed by atoms with Crippen LogP contribution in [0.5, 0.6) is 0 Å². The highest BCUT2D eigenvalue weighted by atomic mass is 32.1. The SMILES string of the molecule is C/C=C\c1csc(C)n1.CC1=C/CCNC(=O)CC(O)C2(C)C(=O)C(C)C2C(C)C\C=C\1. The number of fused-ring (bicyclic) bond motifs is 1. The van der Waals surface area contributed by atoms with Gasteiger partial charge >= 0.3 is 0 Å². The van der Waals surface area contributed by atoms with Crippen molar-refractivity contribution in [1.82, 2.24) is 10.3 Å². The minimum atomic E-state index is -0.914. The number of carbonyl (C=O) groups excluding carboxylic acids is 2. The molecule has 3 rings (SSSR count). The number of amides is 1. The van der Waals surface area contributed by atoms with Crippen LogP contribution in [0.3, 0.4) is 0 Å². The van der Waals surface area contributed by atoms with Gasteiger partial charge in [-0.25, -0.2) is 4.98 Å². The first-order valence-corrected chi connectivity index (χ1v) is 12.4. The van der Waals surface area contributed by atoms with Crippen molar-refractivity contribution in [1.29, 1.82) is 0 Å². The Bertz CT molecular complexity index is 885. The Labute approximate surface area is 196 Å². The number of thiazole rings is 1. The van der Waals surface area contributed by atoms with E-state index in [1.54, 1.807) is 11.3 Å². The number of hydrogen-bond donors (Lipinski definition) is 2. The van der Waals surface area contributed by atoms with E-state index >= 15 is 0 Å². The summed E-state index contributed by atoms with van der Waals surface area (Å²) < 4.78 is 0. The summed E-state index contributed by atoms with van der Waals surface area (Å²) >= 11 is 1.68. The molecule has 2 N–H and O–H groups in total. The summed E-state index contributed by atoms with van der Waals surface area (Å²) in [5, 5.41) is 16.6. The highest BCUT2D eigenvalue weighted by molar-refractivity contribution is 7.09. The van der Waals surface area contributed by atoms with Crippen LogP contribution in [-0.4, -0.2) is 34.4 Å². The molecular formula is C26H38N2O3S. The average molecular weight is 459 g/mol. The van der Waals surface area contributed by atoms with Crippen LogP contribution in [0.2, 0.25) is 0 Å². The molecule has 32 heavy (non-hydrogen) atoms. The fraction of sp³-hybridized carbons (Fsp3) is 0.577. The lowest BCUT2D eigenvalue weighted by atomic mass is 9.47. The summed E-state index contributed by atoms with van der Waals surface area (Å²) in [4.78, 5) is 28.7. The summed E-state index contributed by atoms with van der Waals surface area (Å²) in [5.41, 5.74) is 1.45. The Morgan fingerprint density at radius 2 is 2.00 bits per heavy atom. The molecule has 1 aliphatic heterocycles. The van der Waals surface area contributed by atoms with E-state index in [0.717, 1.165) is 23.5 Å².